The molecule has 1 aromatic carbocycles. The lowest BCUT2D eigenvalue weighted by Crippen LogP contribution is -2.49. The molecule has 3 aromatic heterocycles. The molecule has 1 amide bonds. The van der Waals surface area contributed by atoms with Crippen LogP contribution in [0.15, 0.2) is 42.0 Å². The van der Waals surface area contributed by atoms with E-state index < -0.39 is 0 Å². The van der Waals surface area contributed by atoms with E-state index >= 15 is 0 Å². The molecule has 1 aliphatic heterocycles. The number of rotatable bonds is 3. The average molecular weight is 409 g/mol. The van der Waals surface area contributed by atoms with Crippen molar-refractivity contribution in [2.24, 2.45) is 0 Å². The molecule has 142 valence electrons. The topological polar surface area (TPSA) is 49.3 Å². The Balaban J connectivity index is 1.35. The van der Waals surface area contributed by atoms with Crippen molar-refractivity contribution in [1.82, 2.24) is 14.9 Å². The highest BCUT2D eigenvalue weighted by atomic mass is 32.1. The Morgan fingerprint density at radius 1 is 1.11 bits per heavy atom. The molecular formula is C21H20N4OS2. The van der Waals surface area contributed by atoms with Gasteiger partial charge in [0, 0.05) is 46.5 Å². The normalized spacial score (nSPS) is 14.9. The first kappa shape index (κ1) is 17.6. The number of hydrogen-bond acceptors (Lipinski definition) is 6. The Labute approximate surface area is 171 Å². The van der Waals surface area contributed by atoms with Gasteiger partial charge in [-0.25, -0.2) is 9.97 Å². The zero-order valence-corrected chi connectivity index (χ0v) is 17.2. The van der Waals surface area contributed by atoms with Gasteiger partial charge >= 0.3 is 0 Å². The maximum absolute atomic E-state index is 13.1. The molecule has 0 atom stereocenters. The lowest BCUT2D eigenvalue weighted by Gasteiger charge is -2.35. The molecule has 5 nitrogen and oxygen atoms in total. The summed E-state index contributed by atoms with van der Waals surface area (Å²) in [5.74, 6) is 1.13. The summed E-state index contributed by atoms with van der Waals surface area (Å²) in [5, 5.41) is 4.18. The number of thiophene rings is 2. The SMILES string of the molecule is CCc1cc2c(N3CCN(C(=O)c4csc5ccccc45)CC3)ncnc2s1. The van der Waals surface area contributed by atoms with Gasteiger partial charge in [0.1, 0.15) is 17.0 Å². The number of aryl methyl sites for hydroxylation is 1. The lowest BCUT2D eigenvalue weighted by atomic mass is 10.1. The van der Waals surface area contributed by atoms with Crippen molar-refractivity contribution in [2.45, 2.75) is 13.3 Å². The Bertz CT molecular complexity index is 1160. The molecule has 1 saturated heterocycles. The first-order valence-corrected chi connectivity index (χ1v) is 11.2. The van der Waals surface area contributed by atoms with Gasteiger partial charge in [0.15, 0.2) is 0 Å². The van der Waals surface area contributed by atoms with Crippen LogP contribution in [0.4, 0.5) is 5.82 Å². The average Bonchev–Trinajstić information content (AvgIpc) is 3.37. The number of carbonyl (C=O) groups is 1. The van der Waals surface area contributed by atoms with Crippen molar-refractivity contribution in [1.29, 1.82) is 0 Å². The number of aromatic nitrogens is 2. The molecule has 0 radical (unpaired) electrons. The van der Waals surface area contributed by atoms with E-state index in [-0.39, 0.29) is 5.91 Å². The number of anilines is 1. The number of nitrogens with zero attached hydrogens (tertiary/aromatic N) is 4. The molecule has 4 aromatic rings. The van der Waals surface area contributed by atoms with E-state index in [0.29, 0.717) is 13.1 Å². The molecule has 1 aliphatic rings. The molecule has 7 heteroatoms. The van der Waals surface area contributed by atoms with Gasteiger partial charge in [-0.2, -0.15) is 0 Å². The zero-order chi connectivity index (χ0) is 19.1. The largest absolute Gasteiger partial charge is 0.352 e. The van der Waals surface area contributed by atoms with E-state index in [0.717, 1.165) is 51.2 Å². The molecule has 28 heavy (non-hydrogen) atoms. The third-order valence-electron chi connectivity index (χ3n) is 5.29. The van der Waals surface area contributed by atoms with Gasteiger partial charge in [-0.15, -0.1) is 22.7 Å². The molecule has 0 aliphatic carbocycles. The van der Waals surface area contributed by atoms with Crippen molar-refractivity contribution in [3.63, 3.8) is 0 Å². The monoisotopic (exact) mass is 408 g/mol. The maximum atomic E-state index is 13.1. The third kappa shape index (κ3) is 2.95. The first-order valence-electron chi connectivity index (χ1n) is 9.48. The third-order valence-corrected chi connectivity index (χ3v) is 7.44. The van der Waals surface area contributed by atoms with E-state index in [1.165, 1.54) is 4.88 Å². The molecule has 0 N–H and O–H groups in total. The summed E-state index contributed by atoms with van der Waals surface area (Å²) in [6, 6.07) is 10.3. The van der Waals surface area contributed by atoms with E-state index in [4.69, 9.17) is 0 Å². The Hall–Kier alpha value is -2.51. The van der Waals surface area contributed by atoms with Crippen LogP contribution in [0.3, 0.4) is 0 Å². The number of carbonyl (C=O) groups excluding carboxylic acids is 1. The van der Waals surface area contributed by atoms with Gasteiger partial charge in [0.2, 0.25) is 0 Å². The second-order valence-corrected chi connectivity index (χ2v) is 8.93. The minimum atomic E-state index is 0.133. The summed E-state index contributed by atoms with van der Waals surface area (Å²) in [6.07, 6.45) is 2.67. The molecule has 0 unspecified atom stereocenters. The highest BCUT2D eigenvalue weighted by Gasteiger charge is 2.25. The van der Waals surface area contributed by atoms with Crippen LogP contribution in [-0.2, 0) is 6.42 Å². The van der Waals surface area contributed by atoms with Crippen LogP contribution in [0.5, 0.6) is 0 Å². The summed E-state index contributed by atoms with van der Waals surface area (Å²) in [7, 11) is 0. The van der Waals surface area contributed by atoms with Crippen molar-refractivity contribution in [3.8, 4) is 0 Å². The Morgan fingerprint density at radius 3 is 2.75 bits per heavy atom. The number of hydrogen-bond donors (Lipinski definition) is 0. The number of benzene rings is 1. The molecule has 0 bridgehead atoms. The standard InChI is InChI=1S/C21H20N4OS2/c1-2-14-11-16-19(22-13-23-20(16)28-14)24-7-9-25(10-8-24)21(26)17-12-27-18-6-4-3-5-15(17)18/h3-6,11-13H,2,7-10H2,1H3. The minimum absolute atomic E-state index is 0.133. The van der Waals surface area contributed by atoms with E-state index in [9.17, 15) is 4.79 Å². The maximum Gasteiger partial charge on any atom is 0.255 e. The quantitative estimate of drug-likeness (QED) is 0.503. The predicted octanol–water partition coefficient (Wildman–Crippen LogP) is 4.43. The lowest BCUT2D eigenvalue weighted by molar-refractivity contribution is 0.0749. The van der Waals surface area contributed by atoms with Gasteiger partial charge in [0.25, 0.3) is 5.91 Å². The van der Waals surface area contributed by atoms with Crippen LogP contribution in [0.1, 0.15) is 22.2 Å². The van der Waals surface area contributed by atoms with Gasteiger partial charge in [0.05, 0.1) is 10.9 Å². The van der Waals surface area contributed by atoms with Crippen molar-refractivity contribution < 1.29 is 4.79 Å². The molecule has 1 fully saturated rings. The zero-order valence-electron chi connectivity index (χ0n) is 15.6. The van der Waals surface area contributed by atoms with Crippen LogP contribution in [0, 0.1) is 0 Å². The van der Waals surface area contributed by atoms with Crippen LogP contribution >= 0.6 is 22.7 Å². The van der Waals surface area contributed by atoms with E-state index in [2.05, 4.69) is 33.9 Å². The summed E-state index contributed by atoms with van der Waals surface area (Å²) < 4.78 is 1.16. The van der Waals surface area contributed by atoms with Crippen molar-refractivity contribution in [3.05, 3.63) is 52.5 Å². The van der Waals surface area contributed by atoms with Gasteiger partial charge in [-0.3, -0.25) is 4.79 Å². The fourth-order valence-corrected chi connectivity index (χ4v) is 5.62. The Kier molecular flexibility index (Phi) is 4.49. The highest BCUT2D eigenvalue weighted by Crippen LogP contribution is 2.31. The summed E-state index contributed by atoms with van der Waals surface area (Å²) >= 11 is 3.37. The number of piperazine rings is 1. The summed E-state index contributed by atoms with van der Waals surface area (Å²) in [6.45, 7) is 5.16. The smallest absolute Gasteiger partial charge is 0.255 e. The van der Waals surface area contributed by atoms with E-state index in [1.807, 2.05) is 28.5 Å². The number of fused-ring (bicyclic) bond motifs is 2. The molecular weight excluding hydrogens is 388 g/mol. The predicted molar refractivity (Wildman–Crippen MR) is 117 cm³/mol. The molecule has 5 rings (SSSR count). The second kappa shape index (κ2) is 7.14. The molecule has 0 spiro atoms. The van der Waals surface area contributed by atoms with Gasteiger partial charge < -0.3 is 9.80 Å². The summed E-state index contributed by atoms with van der Waals surface area (Å²) in [4.78, 5) is 28.7. The van der Waals surface area contributed by atoms with Crippen LogP contribution in [-0.4, -0.2) is 47.0 Å². The second-order valence-electron chi connectivity index (χ2n) is 6.91. The highest BCUT2D eigenvalue weighted by molar-refractivity contribution is 7.18. The van der Waals surface area contributed by atoms with Crippen LogP contribution in [0.25, 0.3) is 20.3 Å². The fraction of sp³-hybridized carbons (Fsp3) is 0.286. The molecule has 4 heterocycles. The molecule has 0 saturated carbocycles. The number of amides is 1. The van der Waals surface area contributed by atoms with Crippen molar-refractivity contribution >= 4 is 54.7 Å². The summed E-state index contributed by atoms with van der Waals surface area (Å²) in [5.41, 5.74) is 0.823. The van der Waals surface area contributed by atoms with Crippen LogP contribution < -0.4 is 4.90 Å². The van der Waals surface area contributed by atoms with Crippen molar-refractivity contribution in [2.75, 3.05) is 31.1 Å². The van der Waals surface area contributed by atoms with E-state index in [1.54, 1.807) is 29.0 Å². The minimum Gasteiger partial charge on any atom is -0.352 e. The fourth-order valence-electron chi connectivity index (χ4n) is 3.75. The first-order chi connectivity index (χ1) is 13.7. The van der Waals surface area contributed by atoms with Gasteiger partial charge in [-0.1, -0.05) is 25.1 Å². The van der Waals surface area contributed by atoms with Gasteiger partial charge in [-0.05, 0) is 18.6 Å². The Morgan fingerprint density at radius 2 is 1.93 bits per heavy atom. The van der Waals surface area contributed by atoms with Crippen LogP contribution in [0.2, 0.25) is 0 Å².